The van der Waals surface area contributed by atoms with Crippen LogP contribution in [0, 0.1) is 0 Å². The Morgan fingerprint density at radius 1 is 1.09 bits per heavy atom. The van der Waals surface area contributed by atoms with Gasteiger partial charge in [0.15, 0.2) is 0 Å². The van der Waals surface area contributed by atoms with Crippen LogP contribution in [0.5, 0.6) is 0 Å². The average Bonchev–Trinajstić information content (AvgIpc) is 2.51. The molecule has 1 unspecified atom stereocenters. The molecule has 118 valence electrons. The summed E-state index contributed by atoms with van der Waals surface area (Å²) in [6.07, 6.45) is -0.0859. The Morgan fingerprint density at radius 2 is 1.86 bits per heavy atom. The SMILES string of the molecule is CN(C)C(OCCNCc1ccccc1)c1cccc(Cl)c1. The summed E-state index contributed by atoms with van der Waals surface area (Å²) in [7, 11) is 4.01. The van der Waals surface area contributed by atoms with E-state index in [9.17, 15) is 0 Å². The molecule has 0 aliphatic carbocycles. The zero-order valence-corrected chi connectivity index (χ0v) is 13.9. The van der Waals surface area contributed by atoms with E-state index in [2.05, 4.69) is 29.6 Å². The van der Waals surface area contributed by atoms with Crippen LogP contribution in [-0.4, -0.2) is 32.1 Å². The summed E-state index contributed by atoms with van der Waals surface area (Å²) < 4.78 is 5.99. The fourth-order valence-electron chi connectivity index (χ4n) is 2.27. The molecule has 22 heavy (non-hydrogen) atoms. The van der Waals surface area contributed by atoms with Gasteiger partial charge in [0.1, 0.15) is 6.23 Å². The van der Waals surface area contributed by atoms with Crippen LogP contribution in [0.25, 0.3) is 0 Å². The molecule has 0 spiro atoms. The minimum Gasteiger partial charge on any atom is -0.358 e. The Hall–Kier alpha value is -1.39. The van der Waals surface area contributed by atoms with Gasteiger partial charge < -0.3 is 10.1 Å². The van der Waals surface area contributed by atoms with Crippen molar-refractivity contribution in [3.8, 4) is 0 Å². The minimum absolute atomic E-state index is 0.0859. The van der Waals surface area contributed by atoms with E-state index in [1.807, 2.05) is 49.3 Å². The fourth-order valence-corrected chi connectivity index (χ4v) is 2.47. The molecule has 2 aromatic carbocycles. The number of hydrogen-bond donors (Lipinski definition) is 1. The number of rotatable bonds is 8. The van der Waals surface area contributed by atoms with E-state index >= 15 is 0 Å². The first-order valence-corrected chi connectivity index (χ1v) is 7.83. The quantitative estimate of drug-likeness (QED) is 0.593. The number of ether oxygens (including phenoxy) is 1. The van der Waals surface area contributed by atoms with Crippen LogP contribution in [0.2, 0.25) is 5.02 Å². The highest BCUT2D eigenvalue weighted by molar-refractivity contribution is 6.30. The van der Waals surface area contributed by atoms with Gasteiger partial charge in [-0.3, -0.25) is 4.90 Å². The van der Waals surface area contributed by atoms with Gasteiger partial charge in [-0.1, -0.05) is 54.1 Å². The molecule has 2 aromatic rings. The van der Waals surface area contributed by atoms with Gasteiger partial charge in [-0.15, -0.1) is 0 Å². The first kappa shape index (κ1) is 17.0. The molecule has 0 aromatic heterocycles. The highest BCUT2D eigenvalue weighted by atomic mass is 35.5. The molecule has 0 amide bonds. The number of nitrogens with one attached hydrogen (secondary N) is 1. The number of nitrogens with zero attached hydrogens (tertiary/aromatic N) is 1. The van der Waals surface area contributed by atoms with Crippen molar-refractivity contribution in [3.63, 3.8) is 0 Å². The summed E-state index contributed by atoms with van der Waals surface area (Å²) in [5.41, 5.74) is 2.35. The van der Waals surface area contributed by atoms with Crippen molar-refractivity contribution in [2.45, 2.75) is 12.8 Å². The van der Waals surface area contributed by atoms with Crippen molar-refractivity contribution >= 4 is 11.6 Å². The highest BCUT2D eigenvalue weighted by Gasteiger charge is 2.14. The molecule has 0 aliphatic heterocycles. The van der Waals surface area contributed by atoms with Crippen LogP contribution in [0.15, 0.2) is 54.6 Å². The lowest BCUT2D eigenvalue weighted by Crippen LogP contribution is -2.26. The standard InChI is InChI=1S/C18H23ClN2O/c1-21(2)18(16-9-6-10-17(19)13-16)22-12-11-20-14-15-7-4-3-5-8-15/h3-10,13,18,20H,11-12,14H2,1-2H3. The second kappa shape index (κ2) is 8.91. The van der Waals surface area contributed by atoms with Crippen molar-refractivity contribution in [2.75, 3.05) is 27.2 Å². The Morgan fingerprint density at radius 3 is 2.55 bits per heavy atom. The molecule has 0 heterocycles. The van der Waals surface area contributed by atoms with Gasteiger partial charge in [0.05, 0.1) is 6.61 Å². The van der Waals surface area contributed by atoms with Crippen molar-refractivity contribution < 1.29 is 4.74 Å². The summed E-state index contributed by atoms with van der Waals surface area (Å²) in [6, 6.07) is 18.2. The maximum Gasteiger partial charge on any atom is 0.136 e. The van der Waals surface area contributed by atoms with E-state index in [1.54, 1.807) is 0 Å². The third kappa shape index (κ3) is 5.43. The molecular formula is C18H23ClN2O. The van der Waals surface area contributed by atoms with Gasteiger partial charge in [0, 0.05) is 18.1 Å². The van der Waals surface area contributed by atoms with Crippen LogP contribution in [0.1, 0.15) is 17.4 Å². The maximum atomic E-state index is 6.06. The highest BCUT2D eigenvalue weighted by Crippen LogP contribution is 2.22. The molecule has 4 heteroatoms. The van der Waals surface area contributed by atoms with Crippen molar-refractivity contribution in [1.82, 2.24) is 10.2 Å². The zero-order valence-electron chi connectivity index (χ0n) is 13.1. The molecule has 1 atom stereocenters. The van der Waals surface area contributed by atoms with Crippen LogP contribution in [-0.2, 0) is 11.3 Å². The molecule has 0 aliphatic rings. The smallest absolute Gasteiger partial charge is 0.136 e. The normalized spacial score (nSPS) is 12.5. The lowest BCUT2D eigenvalue weighted by Gasteiger charge is -2.25. The van der Waals surface area contributed by atoms with E-state index in [0.29, 0.717) is 6.61 Å². The largest absolute Gasteiger partial charge is 0.358 e. The first-order chi connectivity index (χ1) is 10.7. The summed E-state index contributed by atoms with van der Waals surface area (Å²) in [5.74, 6) is 0. The predicted molar refractivity (Wildman–Crippen MR) is 92.0 cm³/mol. The predicted octanol–water partition coefficient (Wildman–Crippen LogP) is 3.71. The maximum absolute atomic E-state index is 6.06. The molecule has 0 saturated carbocycles. The van der Waals surface area contributed by atoms with Crippen LogP contribution >= 0.6 is 11.6 Å². The van der Waals surface area contributed by atoms with E-state index in [-0.39, 0.29) is 6.23 Å². The van der Waals surface area contributed by atoms with E-state index in [0.717, 1.165) is 23.7 Å². The first-order valence-electron chi connectivity index (χ1n) is 7.45. The third-order valence-electron chi connectivity index (χ3n) is 3.33. The van der Waals surface area contributed by atoms with Crippen molar-refractivity contribution in [3.05, 3.63) is 70.7 Å². The summed E-state index contributed by atoms with van der Waals surface area (Å²) in [4.78, 5) is 2.04. The van der Waals surface area contributed by atoms with Crippen molar-refractivity contribution in [1.29, 1.82) is 0 Å². The Kier molecular flexibility index (Phi) is 6.87. The van der Waals surface area contributed by atoms with Crippen LogP contribution in [0.3, 0.4) is 0 Å². The molecule has 2 rings (SSSR count). The molecule has 3 nitrogen and oxygen atoms in total. The number of halogens is 1. The molecule has 0 saturated heterocycles. The summed E-state index contributed by atoms with van der Waals surface area (Å²) in [5, 5.41) is 4.12. The van der Waals surface area contributed by atoms with Gasteiger partial charge in [-0.05, 0) is 37.4 Å². The Balaban J connectivity index is 1.78. The second-order valence-electron chi connectivity index (χ2n) is 5.40. The lowest BCUT2D eigenvalue weighted by molar-refractivity contribution is -0.0368. The fraction of sp³-hybridized carbons (Fsp3) is 0.333. The van der Waals surface area contributed by atoms with Gasteiger partial charge in [0.2, 0.25) is 0 Å². The van der Waals surface area contributed by atoms with Crippen molar-refractivity contribution in [2.24, 2.45) is 0 Å². The average molecular weight is 319 g/mol. The summed E-state index contributed by atoms with van der Waals surface area (Å²) in [6.45, 7) is 2.30. The number of hydrogen-bond acceptors (Lipinski definition) is 3. The second-order valence-corrected chi connectivity index (χ2v) is 5.84. The zero-order chi connectivity index (χ0) is 15.8. The molecular weight excluding hydrogens is 296 g/mol. The van der Waals surface area contributed by atoms with Gasteiger partial charge in [-0.2, -0.15) is 0 Å². The van der Waals surface area contributed by atoms with Crippen LogP contribution in [0.4, 0.5) is 0 Å². The summed E-state index contributed by atoms with van der Waals surface area (Å²) >= 11 is 6.06. The van der Waals surface area contributed by atoms with Gasteiger partial charge in [-0.25, -0.2) is 0 Å². The minimum atomic E-state index is -0.0859. The lowest BCUT2D eigenvalue weighted by atomic mass is 10.2. The topological polar surface area (TPSA) is 24.5 Å². The molecule has 0 bridgehead atoms. The van der Waals surface area contributed by atoms with Gasteiger partial charge >= 0.3 is 0 Å². The van der Waals surface area contributed by atoms with Gasteiger partial charge in [0.25, 0.3) is 0 Å². The van der Waals surface area contributed by atoms with Crippen LogP contribution < -0.4 is 5.32 Å². The number of benzene rings is 2. The monoisotopic (exact) mass is 318 g/mol. The van der Waals surface area contributed by atoms with E-state index < -0.39 is 0 Å². The Labute approximate surface area is 137 Å². The van der Waals surface area contributed by atoms with E-state index in [4.69, 9.17) is 16.3 Å². The third-order valence-corrected chi connectivity index (χ3v) is 3.56. The molecule has 1 N–H and O–H groups in total. The van der Waals surface area contributed by atoms with E-state index in [1.165, 1.54) is 5.56 Å². The molecule has 0 fully saturated rings. The Bertz CT molecular complexity index is 560. The molecule has 0 radical (unpaired) electrons.